The summed E-state index contributed by atoms with van der Waals surface area (Å²) in [6.45, 7) is 1.96. The Labute approximate surface area is 75.9 Å². The first-order valence-electron chi connectivity index (χ1n) is 4.03. The minimum absolute atomic E-state index is 0.0476. The van der Waals surface area contributed by atoms with E-state index in [9.17, 15) is 13.2 Å². The molecule has 0 heterocycles. The van der Waals surface area contributed by atoms with Crippen molar-refractivity contribution in [1.82, 2.24) is 4.90 Å². The third-order valence-corrected chi connectivity index (χ3v) is 1.82. The second-order valence-corrected chi connectivity index (χ2v) is 3.00. The lowest BCUT2D eigenvalue weighted by Gasteiger charge is -2.18. The van der Waals surface area contributed by atoms with Gasteiger partial charge in [-0.05, 0) is 26.9 Å². The van der Waals surface area contributed by atoms with E-state index in [1.165, 1.54) is 0 Å². The van der Waals surface area contributed by atoms with Crippen LogP contribution < -0.4 is 0 Å². The Balaban J connectivity index is 3.61. The number of halogens is 3. The molecule has 0 rings (SSSR count). The van der Waals surface area contributed by atoms with E-state index in [2.05, 4.69) is 0 Å². The van der Waals surface area contributed by atoms with Gasteiger partial charge in [-0.3, -0.25) is 4.90 Å². The second kappa shape index (κ2) is 5.07. The number of nitriles is 1. The first-order valence-corrected chi connectivity index (χ1v) is 4.03. The topological polar surface area (TPSA) is 27.0 Å². The molecule has 1 unspecified atom stereocenters. The van der Waals surface area contributed by atoms with E-state index in [0.717, 1.165) is 0 Å². The summed E-state index contributed by atoms with van der Waals surface area (Å²) in [5, 5.41) is 8.45. The molecular formula is C8H13F3N2. The van der Waals surface area contributed by atoms with Crippen molar-refractivity contribution >= 4 is 0 Å². The van der Waals surface area contributed by atoms with Crippen LogP contribution in [0.5, 0.6) is 0 Å². The van der Waals surface area contributed by atoms with Gasteiger partial charge in [0, 0.05) is 6.42 Å². The second-order valence-electron chi connectivity index (χ2n) is 3.00. The van der Waals surface area contributed by atoms with Crippen LogP contribution in [0.15, 0.2) is 0 Å². The van der Waals surface area contributed by atoms with Gasteiger partial charge in [0.25, 0.3) is 0 Å². The van der Waals surface area contributed by atoms with E-state index in [1.807, 2.05) is 6.07 Å². The fourth-order valence-corrected chi connectivity index (χ4v) is 0.821. The maximum absolute atomic E-state index is 11.7. The Morgan fingerprint density at radius 3 is 2.38 bits per heavy atom. The largest absolute Gasteiger partial charge is 0.389 e. The number of hydrogen-bond acceptors (Lipinski definition) is 2. The van der Waals surface area contributed by atoms with Gasteiger partial charge in [-0.15, -0.1) is 0 Å². The Morgan fingerprint density at radius 1 is 1.46 bits per heavy atom. The summed E-state index contributed by atoms with van der Waals surface area (Å²) < 4.78 is 35.1. The third kappa shape index (κ3) is 6.41. The first kappa shape index (κ1) is 12.2. The van der Waals surface area contributed by atoms with Crippen molar-refractivity contribution in [2.24, 2.45) is 0 Å². The summed E-state index contributed by atoms with van der Waals surface area (Å²) in [5.74, 6) is 0. The third-order valence-electron chi connectivity index (χ3n) is 1.82. The monoisotopic (exact) mass is 194 g/mol. The molecule has 0 aromatic heterocycles. The lowest BCUT2D eigenvalue weighted by molar-refractivity contribution is -0.136. The van der Waals surface area contributed by atoms with Gasteiger partial charge in [-0.1, -0.05) is 0 Å². The smallest absolute Gasteiger partial charge is 0.291 e. The van der Waals surface area contributed by atoms with Gasteiger partial charge in [0.15, 0.2) is 0 Å². The Kier molecular flexibility index (Phi) is 4.78. The van der Waals surface area contributed by atoms with Crippen LogP contribution in [-0.4, -0.2) is 30.7 Å². The van der Waals surface area contributed by atoms with Crippen LogP contribution in [0.1, 0.15) is 19.8 Å². The predicted molar refractivity (Wildman–Crippen MR) is 43.0 cm³/mol. The van der Waals surface area contributed by atoms with Crippen LogP contribution in [0, 0.1) is 11.3 Å². The Bertz CT molecular complexity index is 183. The maximum Gasteiger partial charge on any atom is 0.389 e. The van der Waals surface area contributed by atoms with E-state index < -0.39 is 12.6 Å². The van der Waals surface area contributed by atoms with Crippen molar-refractivity contribution < 1.29 is 13.2 Å². The van der Waals surface area contributed by atoms with Crippen LogP contribution in [0.3, 0.4) is 0 Å². The van der Waals surface area contributed by atoms with Crippen molar-refractivity contribution in [2.75, 3.05) is 13.6 Å². The molecule has 0 amide bonds. The van der Waals surface area contributed by atoms with E-state index >= 15 is 0 Å². The van der Waals surface area contributed by atoms with Crippen molar-refractivity contribution in [3.63, 3.8) is 0 Å². The molecule has 76 valence electrons. The van der Waals surface area contributed by atoms with Gasteiger partial charge in [0.05, 0.1) is 12.1 Å². The summed E-state index contributed by atoms with van der Waals surface area (Å²) >= 11 is 0. The molecule has 0 bridgehead atoms. The SMILES string of the molecule is CC(C#N)N(C)CCCC(F)(F)F. The van der Waals surface area contributed by atoms with Gasteiger partial charge in [-0.25, -0.2) is 0 Å². The molecule has 0 spiro atoms. The molecule has 13 heavy (non-hydrogen) atoms. The summed E-state index contributed by atoms with van der Waals surface area (Å²) in [7, 11) is 1.64. The molecular weight excluding hydrogens is 181 g/mol. The maximum atomic E-state index is 11.7. The predicted octanol–water partition coefficient (Wildman–Crippen LogP) is 2.17. The van der Waals surface area contributed by atoms with Gasteiger partial charge in [-0.2, -0.15) is 18.4 Å². The van der Waals surface area contributed by atoms with E-state index in [1.54, 1.807) is 18.9 Å². The highest BCUT2D eigenvalue weighted by molar-refractivity contribution is 4.86. The lowest BCUT2D eigenvalue weighted by Crippen LogP contribution is -2.29. The minimum Gasteiger partial charge on any atom is -0.291 e. The molecule has 0 aliphatic carbocycles. The van der Waals surface area contributed by atoms with Gasteiger partial charge < -0.3 is 0 Å². The van der Waals surface area contributed by atoms with Crippen molar-refractivity contribution in [3.05, 3.63) is 0 Å². The molecule has 0 aromatic carbocycles. The Hall–Kier alpha value is -0.760. The molecule has 0 aliphatic rings. The van der Waals surface area contributed by atoms with Crippen LogP contribution in [0.2, 0.25) is 0 Å². The quantitative estimate of drug-likeness (QED) is 0.685. The number of nitrogens with zero attached hydrogens (tertiary/aromatic N) is 2. The molecule has 0 radical (unpaired) electrons. The van der Waals surface area contributed by atoms with Crippen LogP contribution in [0.25, 0.3) is 0 Å². The van der Waals surface area contributed by atoms with Crippen LogP contribution in [-0.2, 0) is 0 Å². The molecule has 1 atom stereocenters. The van der Waals surface area contributed by atoms with Crippen molar-refractivity contribution in [2.45, 2.75) is 32.0 Å². The average molecular weight is 194 g/mol. The van der Waals surface area contributed by atoms with Crippen LogP contribution >= 0.6 is 0 Å². The van der Waals surface area contributed by atoms with E-state index in [0.29, 0.717) is 6.54 Å². The Morgan fingerprint density at radius 2 is 2.00 bits per heavy atom. The van der Waals surface area contributed by atoms with Crippen molar-refractivity contribution in [1.29, 1.82) is 5.26 Å². The molecule has 0 saturated carbocycles. The summed E-state index contributed by atoms with van der Waals surface area (Å²) in [4.78, 5) is 1.60. The highest BCUT2D eigenvalue weighted by Crippen LogP contribution is 2.21. The zero-order valence-electron chi connectivity index (χ0n) is 7.73. The summed E-state index contributed by atoms with van der Waals surface area (Å²) in [5.41, 5.74) is 0. The number of alkyl halides is 3. The molecule has 0 fully saturated rings. The highest BCUT2D eigenvalue weighted by atomic mass is 19.4. The normalized spacial score (nSPS) is 14.2. The molecule has 5 heteroatoms. The highest BCUT2D eigenvalue weighted by Gasteiger charge is 2.26. The molecule has 0 saturated heterocycles. The van der Waals surface area contributed by atoms with Crippen molar-refractivity contribution in [3.8, 4) is 6.07 Å². The average Bonchev–Trinajstić information content (AvgIpc) is 2.00. The zero-order chi connectivity index (χ0) is 10.5. The molecule has 2 nitrogen and oxygen atoms in total. The lowest BCUT2D eigenvalue weighted by atomic mass is 10.2. The molecule has 0 aliphatic heterocycles. The van der Waals surface area contributed by atoms with Gasteiger partial charge in [0.2, 0.25) is 0 Å². The zero-order valence-corrected chi connectivity index (χ0v) is 7.73. The van der Waals surface area contributed by atoms with Gasteiger partial charge in [0.1, 0.15) is 0 Å². The van der Waals surface area contributed by atoms with Gasteiger partial charge >= 0.3 is 6.18 Å². The number of hydrogen-bond donors (Lipinski definition) is 0. The summed E-state index contributed by atoms with van der Waals surface area (Å²) in [6, 6.07) is 1.63. The molecule has 0 aromatic rings. The fraction of sp³-hybridized carbons (Fsp3) is 0.875. The van der Waals surface area contributed by atoms with E-state index in [-0.39, 0.29) is 12.5 Å². The standard InChI is InChI=1S/C8H13F3N2/c1-7(6-12)13(2)5-3-4-8(9,10)11/h7H,3-5H2,1-2H3. The number of rotatable bonds is 4. The minimum atomic E-state index is -4.09. The first-order chi connectivity index (χ1) is 5.87. The van der Waals surface area contributed by atoms with Crippen LogP contribution in [0.4, 0.5) is 13.2 Å². The summed E-state index contributed by atoms with van der Waals surface area (Å²) in [6.07, 6.45) is -4.82. The van der Waals surface area contributed by atoms with E-state index in [4.69, 9.17) is 5.26 Å². The molecule has 0 N–H and O–H groups in total. The fourth-order valence-electron chi connectivity index (χ4n) is 0.821.